The van der Waals surface area contributed by atoms with Gasteiger partial charge in [-0.1, -0.05) is 24.3 Å². The molecule has 5 nitrogen and oxygen atoms in total. The Morgan fingerprint density at radius 1 is 1.43 bits per heavy atom. The molecule has 1 aromatic heterocycles. The third-order valence-corrected chi connectivity index (χ3v) is 3.66. The highest BCUT2D eigenvalue weighted by molar-refractivity contribution is 6.33. The van der Waals surface area contributed by atoms with E-state index in [4.69, 9.17) is 20.8 Å². The van der Waals surface area contributed by atoms with E-state index < -0.39 is 5.63 Å². The van der Waals surface area contributed by atoms with Crippen LogP contribution in [0.5, 0.6) is 5.75 Å². The van der Waals surface area contributed by atoms with Crippen molar-refractivity contribution in [3.8, 4) is 5.75 Å². The van der Waals surface area contributed by atoms with Gasteiger partial charge in [-0.2, -0.15) is 0 Å². The fourth-order valence-corrected chi connectivity index (χ4v) is 2.52. The lowest BCUT2D eigenvalue weighted by molar-refractivity contribution is -0.672. The zero-order valence-electron chi connectivity index (χ0n) is 12.1. The normalized spacial score (nSPS) is 11.2. The molecule has 1 heterocycles. The summed E-state index contributed by atoms with van der Waals surface area (Å²) < 4.78 is 10.2. The molecule has 21 heavy (non-hydrogen) atoms. The molecule has 0 unspecified atom stereocenters. The molecule has 0 saturated carbocycles. The average Bonchev–Trinajstić information content (AvgIpc) is 2.47. The van der Waals surface area contributed by atoms with Gasteiger partial charge in [0.25, 0.3) is 0 Å². The second kappa shape index (κ2) is 6.93. The zero-order chi connectivity index (χ0) is 15.4. The topological polar surface area (TPSA) is 79.1 Å². The molecule has 0 fully saturated rings. The van der Waals surface area contributed by atoms with Crippen molar-refractivity contribution in [2.45, 2.75) is 19.9 Å². The maximum Gasteiger partial charge on any atom is 0.336 e. The lowest BCUT2D eigenvalue weighted by Crippen LogP contribution is -2.83. The lowest BCUT2D eigenvalue weighted by Gasteiger charge is -2.17. The summed E-state index contributed by atoms with van der Waals surface area (Å²) in [5.74, 6) is -0.283. The Hall–Kier alpha value is -1.56. The molecule has 2 N–H and O–H groups in total. The minimum Gasteiger partial charge on any atom is -0.871 e. The van der Waals surface area contributed by atoms with Gasteiger partial charge >= 0.3 is 5.63 Å². The first kappa shape index (κ1) is 15.8. The molecule has 114 valence electrons. The molecule has 0 aliphatic carbocycles. The number of aryl methyl sites for hydroxylation is 1. The minimum absolute atomic E-state index is 0.154. The maximum absolute atomic E-state index is 12.2. The van der Waals surface area contributed by atoms with Crippen molar-refractivity contribution in [1.29, 1.82) is 0 Å². The van der Waals surface area contributed by atoms with Gasteiger partial charge in [0, 0.05) is 29.1 Å². The van der Waals surface area contributed by atoms with Gasteiger partial charge in [0.2, 0.25) is 0 Å². The van der Waals surface area contributed by atoms with Crippen LogP contribution in [0.3, 0.4) is 0 Å². The van der Waals surface area contributed by atoms with Crippen LogP contribution in [0.4, 0.5) is 0 Å². The Labute approximate surface area is 127 Å². The molecule has 0 amide bonds. The van der Waals surface area contributed by atoms with E-state index in [9.17, 15) is 9.90 Å². The molecule has 2 aromatic rings. The number of methoxy groups -OCH3 is 1. The molecular formula is C15H18ClNO4. The number of hydrogen-bond acceptors (Lipinski definition) is 4. The second-order valence-electron chi connectivity index (χ2n) is 4.76. The van der Waals surface area contributed by atoms with E-state index >= 15 is 0 Å². The summed E-state index contributed by atoms with van der Waals surface area (Å²) in [5.41, 5.74) is 1.17. The van der Waals surface area contributed by atoms with Gasteiger partial charge in [0.15, 0.2) is 0 Å². The fourth-order valence-electron chi connectivity index (χ4n) is 2.30. The minimum atomic E-state index is -0.445. The van der Waals surface area contributed by atoms with Crippen molar-refractivity contribution in [3.63, 3.8) is 0 Å². The Morgan fingerprint density at radius 2 is 2.19 bits per heavy atom. The molecular weight excluding hydrogens is 294 g/mol. The molecule has 0 saturated heterocycles. The summed E-state index contributed by atoms with van der Waals surface area (Å²) in [6.07, 6.45) is 0.670. The summed E-state index contributed by atoms with van der Waals surface area (Å²) >= 11 is 6.03. The van der Waals surface area contributed by atoms with Gasteiger partial charge in [0.1, 0.15) is 12.1 Å². The molecule has 0 aliphatic heterocycles. The SMILES string of the molecule is CCc1cc(=O)oc2c(C[NH2+]CCOC)c([O-])c(Cl)cc12. The van der Waals surface area contributed by atoms with E-state index in [1.54, 1.807) is 13.2 Å². The van der Waals surface area contributed by atoms with Gasteiger partial charge in [-0.25, -0.2) is 4.79 Å². The van der Waals surface area contributed by atoms with E-state index in [0.717, 1.165) is 10.9 Å². The number of benzene rings is 1. The van der Waals surface area contributed by atoms with Gasteiger partial charge < -0.3 is 19.6 Å². The van der Waals surface area contributed by atoms with Crippen molar-refractivity contribution in [2.24, 2.45) is 0 Å². The van der Waals surface area contributed by atoms with Crippen LogP contribution in [-0.2, 0) is 17.7 Å². The van der Waals surface area contributed by atoms with Crippen LogP contribution in [0.25, 0.3) is 11.0 Å². The summed E-state index contributed by atoms with van der Waals surface area (Å²) in [5, 5.41) is 15.0. The van der Waals surface area contributed by atoms with Crippen molar-refractivity contribution in [3.05, 3.63) is 38.7 Å². The first-order valence-electron chi connectivity index (χ1n) is 6.84. The van der Waals surface area contributed by atoms with E-state index in [0.29, 0.717) is 37.3 Å². The number of quaternary nitrogens is 1. The van der Waals surface area contributed by atoms with Crippen molar-refractivity contribution in [1.82, 2.24) is 0 Å². The monoisotopic (exact) mass is 311 g/mol. The van der Waals surface area contributed by atoms with Crippen LogP contribution >= 0.6 is 11.6 Å². The highest BCUT2D eigenvalue weighted by atomic mass is 35.5. The summed E-state index contributed by atoms with van der Waals surface area (Å²) in [7, 11) is 1.62. The van der Waals surface area contributed by atoms with Crippen LogP contribution in [0.1, 0.15) is 18.1 Å². The fraction of sp³-hybridized carbons (Fsp3) is 0.400. The maximum atomic E-state index is 12.2. The Bertz CT molecular complexity index is 696. The van der Waals surface area contributed by atoms with Gasteiger partial charge in [-0.05, 0) is 18.1 Å². The summed E-state index contributed by atoms with van der Waals surface area (Å²) in [6.45, 7) is 3.63. The first-order chi connectivity index (χ1) is 10.1. The molecule has 0 bridgehead atoms. The Balaban J connectivity index is 2.53. The second-order valence-corrected chi connectivity index (χ2v) is 5.17. The number of ether oxygens (including phenoxy) is 1. The highest BCUT2D eigenvalue weighted by Crippen LogP contribution is 2.33. The predicted molar refractivity (Wildman–Crippen MR) is 78.7 cm³/mol. The van der Waals surface area contributed by atoms with E-state index in [-0.39, 0.29) is 10.8 Å². The van der Waals surface area contributed by atoms with Crippen molar-refractivity contribution >= 4 is 22.6 Å². The molecule has 0 aliphatic rings. The number of halogens is 1. The first-order valence-corrected chi connectivity index (χ1v) is 7.22. The largest absolute Gasteiger partial charge is 0.871 e. The Morgan fingerprint density at radius 3 is 2.86 bits per heavy atom. The lowest BCUT2D eigenvalue weighted by atomic mass is 10.0. The third kappa shape index (κ3) is 3.37. The van der Waals surface area contributed by atoms with Crippen molar-refractivity contribution < 1.29 is 19.6 Å². The van der Waals surface area contributed by atoms with Crippen LogP contribution in [0.2, 0.25) is 5.02 Å². The molecule has 0 atom stereocenters. The smallest absolute Gasteiger partial charge is 0.336 e. The van der Waals surface area contributed by atoms with Gasteiger partial charge in [0.05, 0.1) is 13.2 Å². The zero-order valence-corrected chi connectivity index (χ0v) is 12.8. The van der Waals surface area contributed by atoms with E-state index in [1.807, 2.05) is 12.2 Å². The number of fused-ring (bicyclic) bond motifs is 1. The molecule has 1 aromatic carbocycles. The molecule has 2 rings (SSSR count). The van der Waals surface area contributed by atoms with E-state index in [1.165, 1.54) is 6.07 Å². The van der Waals surface area contributed by atoms with Crippen LogP contribution in [-0.4, -0.2) is 20.3 Å². The number of nitrogens with two attached hydrogens (primary N) is 1. The molecule has 6 heteroatoms. The molecule has 0 radical (unpaired) electrons. The molecule has 0 spiro atoms. The van der Waals surface area contributed by atoms with Crippen LogP contribution in [0, 0.1) is 0 Å². The summed E-state index contributed by atoms with van der Waals surface area (Å²) in [4.78, 5) is 11.7. The number of rotatable bonds is 6. The van der Waals surface area contributed by atoms with E-state index in [2.05, 4.69) is 0 Å². The van der Waals surface area contributed by atoms with Gasteiger partial charge in [-0.15, -0.1) is 0 Å². The van der Waals surface area contributed by atoms with Gasteiger partial charge in [-0.3, -0.25) is 0 Å². The van der Waals surface area contributed by atoms with Crippen LogP contribution < -0.4 is 16.0 Å². The van der Waals surface area contributed by atoms with Crippen LogP contribution in [0.15, 0.2) is 21.3 Å². The van der Waals surface area contributed by atoms with Crippen molar-refractivity contribution in [2.75, 3.05) is 20.3 Å². The Kier molecular flexibility index (Phi) is 5.22. The predicted octanol–water partition coefficient (Wildman–Crippen LogP) is 0.792. The standard InChI is InChI=1S/C15H18ClNO4/c1-3-9-6-13(18)21-15-10(9)7-12(16)14(19)11(15)8-17-4-5-20-2/h6-7,17,19H,3-5,8H2,1-2H3. The average molecular weight is 312 g/mol. The summed E-state index contributed by atoms with van der Waals surface area (Å²) in [6, 6.07) is 3.03. The highest BCUT2D eigenvalue weighted by Gasteiger charge is 2.13. The third-order valence-electron chi connectivity index (χ3n) is 3.38. The number of hydrogen-bond donors (Lipinski definition) is 1. The quantitative estimate of drug-likeness (QED) is 0.632.